The van der Waals surface area contributed by atoms with Gasteiger partial charge in [0.05, 0.1) is 10.6 Å². The Morgan fingerprint density at radius 1 is 0.957 bits per heavy atom. The van der Waals surface area contributed by atoms with Gasteiger partial charge in [-0.05, 0) is 47.7 Å². The highest BCUT2D eigenvalue weighted by atomic mass is 35.5. The van der Waals surface area contributed by atoms with Crippen LogP contribution in [0.5, 0.6) is 0 Å². The summed E-state index contributed by atoms with van der Waals surface area (Å²) in [5.41, 5.74) is 1.55. The smallest absolute Gasteiger partial charge is 0.268 e. The third-order valence-electron chi connectivity index (χ3n) is 3.21. The topological polar surface area (TPSA) is 37.4 Å². The molecule has 1 aliphatic heterocycles. The van der Waals surface area contributed by atoms with Crippen molar-refractivity contribution in [2.45, 2.75) is 0 Å². The molecule has 0 unspecified atom stereocenters. The number of halogens is 1. The third kappa shape index (κ3) is 3.55. The van der Waals surface area contributed by atoms with Gasteiger partial charge in [-0.15, -0.1) is 0 Å². The first kappa shape index (κ1) is 15.6. The van der Waals surface area contributed by atoms with Gasteiger partial charge in [-0.2, -0.15) is 0 Å². The monoisotopic (exact) mass is 341 g/mol. The lowest BCUT2D eigenvalue weighted by molar-refractivity contribution is -0.113. The SMILES string of the molecule is O=C1S/C(=C/C=C/c2ccccc2)C(=O)N1c1ccc(Cl)cc1. The van der Waals surface area contributed by atoms with Gasteiger partial charge in [0.2, 0.25) is 0 Å². The van der Waals surface area contributed by atoms with Crippen LogP contribution in [0.2, 0.25) is 5.02 Å². The molecule has 0 aliphatic carbocycles. The second kappa shape index (κ2) is 6.86. The fraction of sp³-hybridized carbons (Fsp3) is 0. The number of hydrogen-bond acceptors (Lipinski definition) is 3. The van der Waals surface area contributed by atoms with Crippen molar-refractivity contribution in [2.75, 3.05) is 4.90 Å². The number of rotatable bonds is 3. The minimum absolute atomic E-state index is 0.309. The molecule has 2 aromatic carbocycles. The molecule has 1 heterocycles. The van der Waals surface area contributed by atoms with Gasteiger partial charge >= 0.3 is 0 Å². The Bertz CT molecular complexity index is 798. The molecule has 114 valence electrons. The minimum atomic E-state index is -0.319. The number of imide groups is 1. The molecule has 1 fully saturated rings. The van der Waals surface area contributed by atoms with E-state index in [0.29, 0.717) is 15.6 Å². The molecule has 3 rings (SSSR count). The lowest BCUT2D eigenvalue weighted by Gasteiger charge is -2.11. The fourth-order valence-corrected chi connectivity index (χ4v) is 3.02. The van der Waals surface area contributed by atoms with Gasteiger partial charge < -0.3 is 0 Å². The van der Waals surface area contributed by atoms with Crippen LogP contribution < -0.4 is 4.90 Å². The highest BCUT2D eigenvalue weighted by Crippen LogP contribution is 2.34. The zero-order valence-electron chi connectivity index (χ0n) is 12.0. The molecule has 0 N–H and O–H groups in total. The van der Waals surface area contributed by atoms with Crippen LogP contribution in [0.1, 0.15) is 5.56 Å². The van der Waals surface area contributed by atoms with E-state index in [-0.39, 0.29) is 11.1 Å². The molecule has 3 nitrogen and oxygen atoms in total. The molecule has 0 atom stereocenters. The van der Waals surface area contributed by atoms with Crippen LogP contribution in [0, 0.1) is 0 Å². The highest BCUT2D eigenvalue weighted by Gasteiger charge is 2.35. The lowest BCUT2D eigenvalue weighted by atomic mass is 10.2. The van der Waals surface area contributed by atoms with Crippen molar-refractivity contribution in [1.29, 1.82) is 0 Å². The molecule has 0 spiro atoms. The molecule has 1 aliphatic rings. The molecule has 2 aromatic rings. The summed E-state index contributed by atoms with van der Waals surface area (Å²) < 4.78 is 0. The number of thioether (sulfide) groups is 1. The zero-order chi connectivity index (χ0) is 16.2. The molecule has 0 saturated carbocycles. The third-order valence-corrected chi connectivity index (χ3v) is 4.35. The Morgan fingerprint density at radius 2 is 1.65 bits per heavy atom. The van der Waals surface area contributed by atoms with Crippen molar-refractivity contribution in [2.24, 2.45) is 0 Å². The number of hydrogen-bond donors (Lipinski definition) is 0. The fourth-order valence-electron chi connectivity index (χ4n) is 2.11. The summed E-state index contributed by atoms with van der Waals surface area (Å²) >= 11 is 6.76. The Balaban J connectivity index is 1.79. The maximum atomic E-state index is 12.4. The number of amides is 2. The predicted molar refractivity (Wildman–Crippen MR) is 95.5 cm³/mol. The standard InChI is InChI=1S/C18H12ClNO2S/c19-14-9-11-15(12-10-14)20-17(21)16(23-18(20)22)8-4-7-13-5-2-1-3-6-13/h1-12H/b7-4+,16-8+. The molecule has 0 bridgehead atoms. The molecule has 1 saturated heterocycles. The van der Waals surface area contributed by atoms with Gasteiger partial charge in [0.1, 0.15) is 0 Å². The van der Waals surface area contributed by atoms with E-state index in [9.17, 15) is 9.59 Å². The summed E-state index contributed by atoms with van der Waals surface area (Å²) in [6, 6.07) is 16.4. The number of anilines is 1. The van der Waals surface area contributed by atoms with Gasteiger partial charge in [-0.1, -0.05) is 54.1 Å². The van der Waals surface area contributed by atoms with Gasteiger partial charge in [0.15, 0.2) is 0 Å². The predicted octanol–water partition coefficient (Wildman–Crippen LogP) is 5.14. The number of carbonyl (C=O) groups is 2. The number of benzene rings is 2. The average molecular weight is 342 g/mol. The van der Waals surface area contributed by atoms with E-state index in [1.807, 2.05) is 36.4 Å². The van der Waals surface area contributed by atoms with E-state index in [2.05, 4.69) is 0 Å². The van der Waals surface area contributed by atoms with E-state index in [4.69, 9.17) is 11.6 Å². The Labute approximate surface area is 143 Å². The van der Waals surface area contributed by atoms with E-state index >= 15 is 0 Å². The molecule has 5 heteroatoms. The quantitative estimate of drug-likeness (QED) is 0.725. The summed E-state index contributed by atoms with van der Waals surface area (Å²) in [6.45, 7) is 0. The van der Waals surface area contributed by atoms with E-state index < -0.39 is 0 Å². The second-order valence-corrected chi connectivity index (χ2v) is 6.22. The highest BCUT2D eigenvalue weighted by molar-refractivity contribution is 8.18. The van der Waals surface area contributed by atoms with E-state index in [0.717, 1.165) is 22.2 Å². The molecular weight excluding hydrogens is 330 g/mol. The molecule has 23 heavy (non-hydrogen) atoms. The first-order valence-corrected chi connectivity index (χ1v) is 8.10. The van der Waals surface area contributed by atoms with Crippen LogP contribution in [-0.2, 0) is 4.79 Å². The summed E-state index contributed by atoms with van der Waals surface area (Å²) in [5, 5.41) is 0.249. The van der Waals surface area contributed by atoms with E-state index in [1.165, 1.54) is 0 Å². The average Bonchev–Trinajstić information content (AvgIpc) is 2.84. The molecule has 0 radical (unpaired) electrons. The summed E-state index contributed by atoms with van der Waals surface area (Å²) in [4.78, 5) is 26.0. The van der Waals surface area contributed by atoms with Crippen molar-refractivity contribution < 1.29 is 9.59 Å². The summed E-state index contributed by atoms with van der Waals surface area (Å²) in [7, 11) is 0. The van der Waals surface area contributed by atoms with Crippen molar-refractivity contribution in [1.82, 2.24) is 0 Å². The Morgan fingerprint density at radius 3 is 2.35 bits per heavy atom. The van der Waals surface area contributed by atoms with Gasteiger partial charge in [0.25, 0.3) is 11.1 Å². The molecule has 0 aromatic heterocycles. The minimum Gasteiger partial charge on any atom is -0.268 e. The van der Waals surface area contributed by atoms with Crippen molar-refractivity contribution >= 4 is 46.3 Å². The van der Waals surface area contributed by atoms with Crippen molar-refractivity contribution in [3.8, 4) is 0 Å². The maximum absolute atomic E-state index is 12.4. The van der Waals surface area contributed by atoms with Gasteiger partial charge in [-0.25, -0.2) is 4.90 Å². The Kier molecular flexibility index (Phi) is 4.65. The second-order valence-electron chi connectivity index (χ2n) is 4.79. The lowest BCUT2D eigenvalue weighted by Crippen LogP contribution is -2.27. The van der Waals surface area contributed by atoms with Crippen LogP contribution in [-0.4, -0.2) is 11.1 Å². The maximum Gasteiger partial charge on any atom is 0.298 e. The van der Waals surface area contributed by atoms with Crippen molar-refractivity contribution in [3.63, 3.8) is 0 Å². The zero-order valence-corrected chi connectivity index (χ0v) is 13.6. The van der Waals surface area contributed by atoms with Crippen molar-refractivity contribution in [3.05, 3.63) is 82.2 Å². The van der Waals surface area contributed by atoms with Gasteiger partial charge in [0, 0.05) is 5.02 Å². The number of allylic oxidation sites excluding steroid dienone is 2. The normalized spacial score (nSPS) is 16.7. The van der Waals surface area contributed by atoms with Crippen LogP contribution in [0.3, 0.4) is 0 Å². The number of carbonyl (C=O) groups excluding carboxylic acids is 2. The number of nitrogens with zero attached hydrogens (tertiary/aromatic N) is 1. The largest absolute Gasteiger partial charge is 0.298 e. The van der Waals surface area contributed by atoms with Crippen LogP contribution in [0.25, 0.3) is 6.08 Å². The van der Waals surface area contributed by atoms with Gasteiger partial charge in [-0.3, -0.25) is 9.59 Å². The Hall–Kier alpha value is -2.30. The van der Waals surface area contributed by atoms with Crippen LogP contribution in [0.4, 0.5) is 10.5 Å². The van der Waals surface area contributed by atoms with Crippen LogP contribution in [0.15, 0.2) is 71.7 Å². The first-order valence-electron chi connectivity index (χ1n) is 6.90. The first-order chi connectivity index (χ1) is 11.1. The van der Waals surface area contributed by atoms with E-state index in [1.54, 1.807) is 36.4 Å². The summed E-state index contributed by atoms with van der Waals surface area (Å²) in [5.74, 6) is -0.319. The summed E-state index contributed by atoms with van der Waals surface area (Å²) in [6.07, 6.45) is 5.32. The molecular formula is C18H12ClNO2S. The van der Waals surface area contributed by atoms with Crippen LogP contribution >= 0.6 is 23.4 Å². The molecule has 2 amide bonds.